The Labute approximate surface area is 126 Å². The van der Waals surface area contributed by atoms with Crippen LogP contribution in [-0.2, 0) is 11.3 Å². The van der Waals surface area contributed by atoms with E-state index >= 15 is 0 Å². The third kappa shape index (κ3) is 5.38. The Morgan fingerprint density at radius 3 is 2.53 bits per heavy atom. The number of rotatable bonds is 4. The first-order valence-electron chi connectivity index (χ1n) is 6.25. The van der Waals surface area contributed by atoms with Gasteiger partial charge < -0.3 is 10.6 Å². The van der Waals surface area contributed by atoms with E-state index in [1.165, 1.54) is 0 Å². The van der Waals surface area contributed by atoms with Crippen LogP contribution >= 0.6 is 24.8 Å². The quantitative estimate of drug-likeness (QED) is 0.912. The van der Waals surface area contributed by atoms with Crippen LogP contribution in [0.3, 0.4) is 0 Å². The highest BCUT2D eigenvalue weighted by atomic mass is 35.5. The SMILES string of the molecule is Cl.Cl.NCCC(=O)N1CCC(Cn2cccn2)CC1. The molecule has 19 heavy (non-hydrogen) atoms. The van der Waals surface area contributed by atoms with E-state index in [1.807, 2.05) is 21.8 Å². The largest absolute Gasteiger partial charge is 0.343 e. The molecular weight excluding hydrogens is 287 g/mol. The van der Waals surface area contributed by atoms with Gasteiger partial charge >= 0.3 is 0 Å². The van der Waals surface area contributed by atoms with E-state index in [0.29, 0.717) is 18.9 Å². The molecule has 110 valence electrons. The van der Waals surface area contributed by atoms with E-state index in [4.69, 9.17) is 5.73 Å². The lowest BCUT2D eigenvalue weighted by atomic mass is 9.96. The third-order valence-corrected chi connectivity index (χ3v) is 3.33. The number of hydrogen-bond acceptors (Lipinski definition) is 3. The number of hydrogen-bond donors (Lipinski definition) is 1. The van der Waals surface area contributed by atoms with Gasteiger partial charge in [0.25, 0.3) is 0 Å². The van der Waals surface area contributed by atoms with E-state index in [0.717, 1.165) is 32.5 Å². The Hall–Kier alpha value is -0.780. The van der Waals surface area contributed by atoms with Crippen molar-refractivity contribution in [3.63, 3.8) is 0 Å². The highest BCUT2D eigenvalue weighted by Crippen LogP contribution is 2.19. The number of likely N-dealkylation sites (tertiary alicyclic amines) is 1. The highest BCUT2D eigenvalue weighted by Gasteiger charge is 2.22. The van der Waals surface area contributed by atoms with Crippen molar-refractivity contribution in [1.29, 1.82) is 0 Å². The first kappa shape index (κ1) is 18.2. The molecule has 0 bridgehead atoms. The average Bonchev–Trinajstić information content (AvgIpc) is 2.83. The molecule has 0 aliphatic carbocycles. The summed E-state index contributed by atoms with van der Waals surface area (Å²) in [6, 6.07) is 1.94. The predicted octanol–water partition coefficient (Wildman–Crippen LogP) is 1.31. The molecule has 7 heteroatoms. The summed E-state index contributed by atoms with van der Waals surface area (Å²) in [5, 5.41) is 4.21. The smallest absolute Gasteiger partial charge is 0.223 e. The molecule has 2 N–H and O–H groups in total. The molecule has 5 nitrogen and oxygen atoms in total. The summed E-state index contributed by atoms with van der Waals surface area (Å²) in [6.45, 7) is 3.15. The number of amides is 1. The number of nitrogens with zero attached hydrogens (tertiary/aromatic N) is 3. The molecule has 1 aromatic rings. The molecule has 0 aromatic carbocycles. The average molecular weight is 309 g/mol. The molecule has 0 saturated carbocycles. The van der Waals surface area contributed by atoms with Crippen molar-refractivity contribution in [3.05, 3.63) is 18.5 Å². The van der Waals surface area contributed by atoms with Gasteiger partial charge in [0, 0.05) is 45.0 Å². The lowest BCUT2D eigenvalue weighted by Gasteiger charge is -2.32. The second-order valence-corrected chi connectivity index (χ2v) is 4.59. The van der Waals surface area contributed by atoms with Gasteiger partial charge in [-0.15, -0.1) is 24.8 Å². The molecule has 0 unspecified atom stereocenters. The molecule has 1 saturated heterocycles. The molecule has 1 aliphatic rings. The zero-order valence-electron chi connectivity index (χ0n) is 10.9. The van der Waals surface area contributed by atoms with Gasteiger partial charge in [-0.3, -0.25) is 9.48 Å². The van der Waals surface area contributed by atoms with Gasteiger partial charge in [-0.1, -0.05) is 0 Å². The number of carbonyl (C=O) groups is 1. The molecular formula is C12H22Cl2N4O. The van der Waals surface area contributed by atoms with E-state index in [9.17, 15) is 4.79 Å². The van der Waals surface area contributed by atoms with Crippen LogP contribution in [0, 0.1) is 5.92 Å². The lowest BCUT2D eigenvalue weighted by Crippen LogP contribution is -2.40. The topological polar surface area (TPSA) is 64.2 Å². The van der Waals surface area contributed by atoms with Gasteiger partial charge in [0.05, 0.1) is 0 Å². The lowest BCUT2D eigenvalue weighted by molar-refractivity contribution is -0.132. The molecule has 2 heterocycles. The van der Waals surface area contributed by atoms with Crippen LogP contribution in [0.5, 0.6) is 0 Å². The monoisotopic (exact) mass is 308 g/mol. The van der Waals surface area contributed by atoms with Gasteiger partial charge in [0.2, 0.25) is 5.91 Å². The Balaban J connectivity index is 0.00000162. The van der Waals surface area contributed by atoms with Crippen LogP contribution in [0.4, 0.5) is 0 Å². The van der Waals surface area contributed by atoms with Crippen molar-refractivity contribution in [3.8, 4) is 0 Å². The van der Waals surface area contributed by atoms with Crippen LogP contribution in [-0.4, -0.2) is 40.2 Å². The van der Waals surface area contributed by atoms with E-state index in [-0.39, 0.29) is 30.7 Å². The van der Waals surface area contributed by atoms with Crippen molar-refractivity contribution < 1.29 is 4.79 Å². The van der Waals surface area contributed by atoms with E-state index in [1.54, 1.807) is 6.20 Å². The fourth-order valence-electron chi connectivity index (χ4n) is 2.32. The number of carbonyl (C=O) groups excluding carboxylic acids is 1. The van der Waals surface area contributed by atoms with Gasteiger partial charge in [0.1, 0.15) is 0 Å². The fourth-order valence-corrected chi connectivity index (χ4v) is 2.32. The van der Waals surface area contributed by atoms with Gasteiger partial charge in [-0.2, -0.15) is 5.10 Å². The summed E-state index contributed by atoms with van der Waals surface area (Å²) in [6.07, 6.45) is 6.40. The first-order valence-corrected chi connectivity index (χ1v) is 6.25. The summed E-state index contributed by atoms with van der Waals surface area (Å²) in [5.41, 5.74) is 5.39. The molecule has 1 aromatic heterocycles. The summed E-state index contributed by atoms with van der Waals surface area (Å²) in [4.78, 5) is 13.6. The Bertz CT molecular complexity index is 351. The first-order chi connectivity index (χ1) is 8.29. The number of aromatic nitrogens is 2. The molecule has 1 aliphatic heterocycles. The van der Waals surface area contributed by atoms with Crippen LogP contribution in [0.2, 0.25) is 0 Å². The highest BCUT2D eigenvalue weighted by molar-refractivity contribution is 5.85. The summed E-state index contributed by atoms with van der Waals surface area (Å²) in [5.74, 6) is 0.835. The van der Waals surface area contributed by atoms with Gasteiger partial charge in [-0.25, -0.2) is 0 Å². The summed E-state index contributed by atoms with van der Waals surface area (Å²) >= 11 is 0. The van der Waals surface area contributed by atoms with Crippen molar-refractivity contribution in [2.75, 3.05) is 19.6 Å². The Kier molecular flexibility index (Phi) is 8.80. The van der Waals surface area contributed by atoms with E-state index in [2.05, 4.69) is 5.10 Å². The van der Waals surface area contributed by atoms with Crippen molar-refractivity contribution in [2.45, 2.75) is 25.8 Å². The Morgan fingerprint density at radius 1 is 1.32 bits per heavy atom. The van der Waals surface area contributed by atoms with Crippen LogP contribution in [0.15, 0.2) is 18.5 Å². The second-order valence-electron chi connectivity index (χ2n) is 4.59. The van der Waals surface area contributed by atoms with Crippen LogP contribution in [0.25, 0.3) is 0 Å². The van der Waals surface area contributed by atoms with Crippen molar-refractivity contribution in [2.24, 2.45) is 11.7 Å². The molecule has 0 spiro atoms. The van der Waals surface area contributed by atoms with Crippen molar-refractivity contribution in [1.82, 2.24) is 14.7 Å². The van der Waals surface area contributed by atoms with Gasteiger partial charge in [-0.05, 0) is 24.8 Å². The zero-order valence-corrected chi connectivity index (χ0v) is 12.5. The van der Waals surface area contributed by atoms with Crippen molar-refractivity contribution >= 4 is 30.7 Å². The fraction of sp³-hybridized carbons (Fsp3) is 0.667. The predicted molar refractivity (Wildman–Crippen MR) is 79.7 cm³/mol. The zero-order chi connectivity index (χ0) is 12.1. The van der Waals surface area contributed by atoms with Crippen LogP contribution in [0.1, 0.15) is 19.3 Å². The maximum Gasteiger partial charge on any atom is 0.223 e. The summed E-state index contributed by atoms with van der Waals surface area (Å²) < 4.78 is 1.97. The minimum absolute atomic E-state index is 0. The number of halogens is 2. The Morgan fingerprint density at radius 2 is 2.00 bits per heavy atom. The molecule has 1 fully saturated rings. The normalized spacial score (nSPS) is 15.5. The standard InChI is InChI=1S/C12H20N4O.2ClH/c13-5-2-12(17)15-8-3-11(4-9-15)10-16-7-1-6-14-16;;/h1,6-7,11H,2-5,8-10,13H2;2*1H. The second kappa shape index (κ2) is 9.18. The third-order valence-electron chi connectivity index (χ3n) is 3.33. The van der Waals surface area contributed by atoms with Gasteiger partial charge in [0.15, 0.2) is 0 Å². The molecule has 0 radical (unpaired) electrons. The molecule has 1 amide bonds. The van der Waals surface area contributed by atoms with Crippen LogP contribution < -0.4 is 5.73 Å². The summed E-state index contributed by atoms with van der Waals surface area (Å²) in [7, 11) is 0. The minimum Gasteiger partial charge on any atom is -0.343 e. The maximum absolute atomic E-state index is 11.7. The minimum atomic E-state index is 0. The number of piperidine rings is 1. The maximum atomic E-state index is 11.7. The number of nitrogens with two attached hydrogens (primary N) is 1. The van der Waals surface area contributed by atoms with E-state index < -0.39 is 0 Å². The molecule has 0 atom stereocenters. The molecule has 2 rings (SSSR count).